The van der Waals surface area contributed by atoms with E-state index in [4.69, 9.17) is 51.3 Å². The summed E-state index contributed by atoms with van der Waals surface area (Å²) in [5.41, 5.74) is 2.66. The Bertz CT molecular complexity index is 1010. The van der Waals surface area contributed by atoms with Crippen molar-refractivity contribution in [2.75, 3.05) is 0 Å². The molecule has 0 aliphatic rings. The summed E-state index contributed by atoms with van der Waals surface area (Å²) in [5.74, 6) is 0.164. The van der Waals surface area contributed by atoms with Crippen molar-refractivity contribution in [1.82, 2.24) is 0 Å². The number of aromatic hydroxyl groups is 2. The van der Waals surface area contributed by atoms with E-state index in [9.17, 15) is 10.2 Å². The molecule has 2 rings (SSSR count). The molecule has 0 bridgehead atoms. The molecular weight excluding hydrogens is 868 g/mol. The summed E-state index contributed by atoms with van der Waals surface area (Å²) in [6.07, 6.45) is 4.30. The first-order valence-corrected chi connectivity index (χ1v) is 18.1. The first-order chi connectivity index (χ1) is 25.4. The normalized spacial score (nSPS) is 9.08. The third-order valence-corrected chi connectivity index (χ3v) is 2.97. The van der Waals surface area contributed by atoms with E-state index in [2.05, 4.69) is 23.5 Å². The van der Waals surface area contributed by atoms with Crippen LogP contribution in [0.25, 0.3) is 12.2 Å². The van der Waals surface area contributed by atoms with Crippen LogP contribution in [0.1, 0.15) is 133 Å². The van der Waals surface area contributed by atoms with Crippen LogP contribution in [-0.2, 0) is 65.2 Å². The van der Waals surface area contributed by atoms with Gasteiger partial charge in [-0.05, 0) is 146 Å². The fourth-order valence-electron chi connectivity index (χ4n) is 1.73. The van der Waals surface area contributed by atoms with Gasteiger partial charge in [-0.1, -0.05) is 47.8 Å². The Kier molecular flexibility index (Phi) is 90.3. The van der Waals surface area contributed by atoms with Crippen LogP contribution >= 0.6 is 0 Å². The van der Waals surface area contributed by atoms with Crippen LogP contribution in [0.4, 0.5) is 0 Å². The number of aliphatic hydroxyl groups excluding tert-OH is 8. The molecule has 0 saturated heterocycles. The number of aliphatic hydroxyl groups is 8. The number of rotatable bonds is 4. The van der Waals surface area contributed by atoms with Gasteiger partial charge in [-0.2, -0.15) is 0 Å². The number of nitrogens with zero attached hydrogens (tertiary/aromatic N) is 2. The predicted octanol–water partition coefficient (Wildman–Crippen LogP) is 6.78. The Labute approximate surface area is 401 Å². The second kappa shape index (κ2) is 62.9. The van der Waals surface area contributed by atoms with Crippen molar-refractivity contribution in [2.24, 2.45) is 10.3 Å². The van der Waals surface area contributed by atoms with Crippen molar-refractivity contribution in [1.29, 1.82) is 0 Å². The van der Waals surface area contributed by atoms with Crippen molar-refractivity contribution in [3.05, 3.63) is 71.8 Å². The molecule has 0 unspecified atom stereocenters. The Balaban J connectivity index is -0.0000000505. The minimum Gasteiger partial charge on any atom is -0.507 e. The molecule has 2 aromatic rings. The molecule has 344 valence electrons. The number of hydrogen-bond acceptors (Lipinski definition) is 14. The second-order valence-electron chi connectivity index (χ2n) is 13.3. The van der Waals surface area contributed by atoms with E-state index in [1.807, 2.05) is 0 Å². The molecular formula is C42H82N2O12Ti3. The van der Waals surface area contributed by atoms with Gasteiger partial charge in [0.05, 0.1) is 12.4 Å². The number of oxime groups is 2. The van der Waals surface area contributed by atoms with Gasteiger partial charge in [0.15, 0.2) is 0 Å². The van der Waals surface area contributed by atoms with E-state index < -0.39 is 0 Å². The van der Waals surface area contributed by atoms with Gasteiger partial charge in [-0.25, -0.2) is 0 Å². The first kappa shape index (κ1) is 84.7. The van der Waals surface area contributed by atoms with Crippen LogP contribution < -0.4 is 0 Å². The third kappa shape index (κ3) is 141. The van der Waals surface area contributed by atoms with Crippen LogP contribution in [-0.4, -0.2) is 123 Å². The zero-order valence-corrected chi connectivity index (χ0v) is 43.3. The summed E-state index contributed by atoms with van der Waals surface area (Å²) >= 11 is 0. The maximum atomic E-state index is 9.22. The Morgan fingerprint density at radius 2 is 0.542 bits per heavy atom. The number of phenolic OH excluding ortho intramolecular Hbond substituents is 2. The fraction of sp³-hybridized carbons (Fsp3) is 0.571. The quantitative estimate of drug-likeness (QED) is 0.0655. The molecule has 14 nitrogen and oxygen atoms in total. The summed E-state index contributed by atoms with van der Waals surface area (Å²) in [7, 11) is 0. The first-order valence-electron chi connectivity index (χ1n) is 18.1. The third-order valence-electron chi connectivity index (χ3n) is 2.97. The number of hydrogen-bond donors (Lipinski definition) is 12. The maximum absolute atomic E-state index is 9.22. The summed E-state index contributed by atoms with van der Waals surface area (Å²) in [5, 5.41) is 105. The van der Waals surface area contributed by atoms with Crippen molar-refractivity contribution in [3.63, 3.8) is 0 Å². The van der Waals surface area contributed by atoms with Gasteiger partial charge in [0.25, 0.3) is 0 Å². The van der Waals surface area contributed by atoms with Crippen molar-refractivity contribution < 1.29 is 127 Å². The predicted molar refractivity (Wildman–Crippen MR) is 234 cm³/mol. The number of phenols is 2. The number of benzene rings is 2. The van der Waals surface area contributed by atoms with E-state index in [-0.39, 0.29) is 125 Å². The van der Waals surface area contributed by atoms with Gasteiger partial charge >= 0.3 is 0 Å². The molecule has 0 heterocycles. The van der Waals surface area contributed by atoms with Gasteiger partial charge in [0, 0.05) is 125 Å². The Morgan fingerprint density at radius 1 is 0.390 bits per heavy atom. The standard InChI is InChI=1S/2C9H9NO2.8C3H8O.3Ti/c2*1-2-7-3-4-9(11)8(5-7)6-10-12;8*1-3(2)4;;;/h2*2-6,11-12H,1H2;8*3-4H,1-2H3;;;. The SMILES string of the molecule is C=Cc1ccc(O)c(C=NO)c1.C=Cc1ccc(O)c(C=NO)c1.CC(C)O.CC(C)O.CC(C)O.CC(C)O.CC(C)O.CC(C)O.CC(C)O.CC(C)O.[Ti].[Ti].[Ti]. The van der Waals surface area contributed by atoms with Gasteiger partial charge in [0.1, 0.15) is 11.5 Å². The summed E-state index contributed by atoms with van der Waals surface area (Å²) in [6.45, 7) is 34.7. The van der Waals surface area contributed by atoms with Crippen LogP contribution in [0.5, 0.6) is 11.5 Å². The minimum atomic E-state index is -0.167. The van der Waals surface area contributed by atoms with Crippen LogP contribution in [0, 0.1) is 0 Å². The maximum Gasteiger partial charge on any atom is 0.124 e. The van der Waals surface area contributed by atoms with Gasteiger partial charge in [-0.3, -0.25) is 0 Å². The smallest absolute Gasteiger partial charge is 0.124 e. The molecule has 2 aromatic carbocycles. The Morgan fingerprint density at radius 3 is 0.661 bits per heavy atom. The molecule has 0 saturated carbocycles. The summed E-state index contributed by atoms with van der Waals surface area (Å²) < 4.78 is 0. The molecule has 12 N–H and O–H groups in total. The van der Waals surface area contributed by atoms with Crippen LogP contribution in [0.3, 0.4) is 0 Å². The van der Waals surface area contributed by atoms with E-state index >= 15 is 0 Å². The molecule has 0 aliphatic heterocycles. The largest absolute Gasteiger partial charge is 0.507 e. The topological polar surface area (TPSA) is 267 Å². The average Bonchev–Trinajstić information content (AvgIpc) is 2.98. The van der Waals surface area contributed by atoms with E-state index in [0.717, 1.165) is 11.1 Å². The summed E-state index contributed by atoms with van der Waals surface area (Å²) in [4.78, 5) is 0. The molecule has 0 aliphatic carbocycles. The molecule has 0 amide bonds. The molecule has 17 heteroatoms. The van der Waals surface area contributed by atoms with Gasteiger partial charge in [0.2, 0.25) is 0 Å². The molecule has 59 heavy (non-hydrogen) atoms. The molecule has 0 radical (unpaired) electrons. The van der Waals surface area contributed by atoms with Crippen LogP contribution in [0.2, 0.25) is 0 Å². The molecule has 0 atom stereocenters. The van der Waals surface area contributed by atoms with Gasteiger partial charge in [-0.15, -0.1) is 0 Å². The van der Waals surface area contributed by atoms with Gasteiger partial charge < -0.3 is 61.5 Å². The van der Waals surface area contributed by atoms with Crippen molar-refractivity contribution in [3.8, 4) is 11.5 Å². The average molecular weight is 951 g/mol. The van der Waals surface area contributed by atoms with E-state index in [1.165, 1.54) is 24.6 Å². The fourth-order valence-corrected chi connectivity index (χ4v) is 1.73. The second-order valence-corrected chi connectivity index (χ2v) is 13.3. The van der Waals surface area contributed by atoms with Crippen molar-refractivity contribution in [2.45, 2.75) is 160 Å². The summed E-state index contributed by atoms with van der Waals surface area (Å²) in [6, 6.07) is 9.82. The van der Waals surface area contributed by atoms with E-state index in [0.29, 0.717) is 11.1 Å². The van der Waals surface area contributed by atoms with Crippen molar-refractivity contribution >= 4 is 24.6 Å². The zero-order chi connectivity index (χ0) is 46.6. The zero-order valence-electron chi connectivity index (χ0n) is 38.6. The monoisotopic (exact) mass is 950 g/mol. The molecule has 0 fully saturated rings. The minimum absolute atomic E-state index is 0. The van der Waals surface area contributed by atoms with E-state index in [1.54, 1.807) is 147 Å². The van der Waals surface area contributed by atoms with Crippen LogP contribution in [0.15, 0.2) is 59.9 Å². The molecule has 0 aromatic heterocycles. The Hall–Kier alpha value is -1.72. The molecule has 0 spiro atoms.